The molecular formula is C17H20FN3O2S2. The van der Waals surface area contributed by atoms with Gasteiger partial charge in [-0.15, -0.1) is 11.8 Å². The molecule has 2 heterocycles. The molecule has 1 fully saturated rings. The minimum absolute atomic E-state index is 0.201. The smallest absolute Gasteiger partial charge is 0.244 e. The molecule has 0 bridgehead atoms. The van der Waals surface area contributed by atoms with Crippen LogP contribution < -0.4 is 0 Å². The van der Waals surface area contributed by atoms with Gasteiger partial charge in [0.15, 0.2) is 0 Å². The van der Waals surface area contributed by atoms with Crippen molar-refractivity contribution >= 4 is 21.8 Å². The molecule has 1 aliphatic heterocycles. The number of piperazine rings is 1. The maximum Gasteiger partial charge on any atom is 0.244 e. The summed E-state index contributed by atoms with van der Waals surface area (Å²) in [5.41, 5.74) is 0.600. The van der Waals surface area contributed by atoms with Gasteiger partial charge in [0.25, 0.3) is 0 Å². The minimum atomic E-state index is -3.50. The first-order valence-corrected chi connectivity index (χ1v) is 10.4. The number of thioether (sulfide) groups is 1. The molecule has 0 amide bonds. The quantitative estimate of drug-likeness (QED) is 0.745. The average Bonchev–Trinajstić information content (AvgIpc) is 2.62. The molecule has 1 aliphatic rings. The average molecular weight is 381 g/mol. The molecule has 0 saturated carbocycles. The Hall–Kier alpha value is -1.48. The van der Waals surface area contributed by atoms with Crippen molar-refractivity contribution in [3.8, 4) is 0 Å². The van der Waals surface area contributed by atoms with Crippen molar-refractivity contribution in [3.05, 3.63) is 54.0 Å². The number of halogens is 1. The number of sulfonamides is 1. The van der Waals surface area contributed by atoms with E-state index in [1.54, 1.807) is 30.3 Å². The summed E-state index contributed by atoms with van der Waals surface area (Å²) in [6.45, 7) is 2.43. The zero-order valence-corrected chi connectivity index (χ0v) is 15.6. The number of pyridine rings is 1. The summed E-state index contributed by atoms with van der Waals surface area (Å²) in [4.78, 5) is 6.53. The van der Waals surface area contributed by atoms with E-state index in [2.05, 4.69) is 9.88 Å². The van der Waals surface area contributed by atoms with E-state index >= 15 is 0 Å². The van der Waals surface area contributed by atoms with Gasteiger partial charge in [0.05, 0.1) is 5.03 Å². The van der Waals surface area contributed by atoms with Crippen LogP contribution >= 0.6 is 11.8 Å². The van der Waals surface area contributed by atoms with Crippen molar-refractivity contribution in [3.63, 3.8) is 0 Å². The fourth-order valence-electron chi connectivity index (χ4n) is 2.55. The van der Waals surface area contributed by atoms with E-state index in [4.69, 9.17) is 0 Å². The van der Waals surface area contributed by atoms with Gasteiger partial charge in [-0.25, -0.2) is 17.8 Å². The molecular weight excluding hydrogens is 361 g/mol. The second kappa shape index (κ2) is 7.82. The number of nitrogens with zero attached hydrogens (tertiary/aromatic N) is 3. The molecule has 134 valence electrons. The summed E-state index contributed by atoms with van der Waals surface area (Å²) in [7, 11) is -1.52. The predicted molar refractivity (Wildman–Crippen MR) is 96.5 cm³/mol. The lowest BCUT2D eigenvalue weighted by molar-refractivity contribution is 0.222. The third kappa shape index (κ3) is 4.38. The van der Waals surface area contributed by atoms with E-state index in [1.807, 2.05) is 7.05 Å². The lowest BCUT2D eigenvalue weighted by Crippen LogP contribution is -2.47. The number of hydrogen-bond acceptors (Lipinski definition) is 5. The summed E-state index contributed by atoms with van der Waals surface area (Å²) in [6.07, 6.45) is 1.39. The first kappa shape index (κ1) is 18.3. The molecule has 0 aliphatic carbocycles. The second-order valence-corrected chi connectivity index (χ2v) is 8.85. The van der Waals surface area contributed by atoms with E-state index in [1.165, 1.54) is 28.3 Å². The fraction of sp³-hybridized carbons (Fsp3) is 0.353. The molecule has 25 heavy (non-hydrogen) atoms. The summed E-state index contributed by atoms with van der Waals surface area (Å²) in [5.74, 6) is 0.203. The Labute approximate surface area is 151 Å². The molecule has 0 spiro atoms. The molecule has 5 nitrogen and oxygen atoms in total. The van der Waals surface area contributed by atoms with Crippen LogP contribution in [0.1, 0.15) is 5.56 Å². The number of benzene rings is 1. The van der Waals surface area contributed by atoms with Crippen LogP contribution in [-0.2, 0) is 15.8 Å². The molecule has 8 heteroatoms. The van der Waals surface area contributed by atoms with Crippen molar-refractivity contribution in [2.75, 3.05) is 33.2 Å². The minimum Gasteiger partial charge on any atom is -0.304 e. The molecule has 1 aromatic heterocycles. The Morgan fingerprint density at radius 3 is 2.48 bits per heavy atom. The molecule has 2 aromatic rings. The van der Waals surface area contributed by atoms with Gasteiger partial charge in [0.2, 0.25) is 10.0 Å². The largest absolute Gasteiger partial charge is 0.304 e. The zero-order valence-electron chi connectivity index (χ0n) is 13.9. The van der Waals surface area contributed by atoms with E-state index in [0.717, 1.165) is 13.1 Å². The lowest BCUT2D eigenvalue weighted by atomic mass is 10.2. The highest BCUT2D eigenvalue weighted by atomic mass is 32.2. The fourth-order valence-corrected chi connectivity index (χ4v) is 4.75. The van der Waals surface area contributed by atoms with Crippen LogP contribution in [0.3, 0.4) is 0 Å². The van der Waals surface area contributed by atoms with Gasteiger partial charge in [-0.3, -0.25) is 0 Å². The van der Waals surface area contributed by atoms with Gasteiger partial charge in [0, 0.05) is 38.1 Å². The molecule has 0 unspecified atom stereocenters. The van der Waals surface area contributed by atoms with Gasteiger partial charge in [0.1, 0.15) is 10.7 Å². The number of hydrogen-bond donors (Lipinski definition) is 0. The number of likely N-dealkylation sites (N-methyl/N-ethyl adjacent to an activating group) is 1. The summed E-state index contributed by atoms with van der Waals surface area (Å²) in [5, 5.41) is 0.667. The highest BCUT2D eigenvalue weighted by Crippen LogP contribution is 2.24. The molecule has 0 atom stereocenters. The van der Waals surface area contributed by atoms with Crippen molar-refractivity contribution in [2.24, 2.45) is 0 Å². The van der Waals surface area contributed by atoms with Gasteiger partial charge < -0.3 is 4.90 Å². The van der Waals surface area contributed by atoms with Gasteiger partial charge >= 0.3 is 0 Å². The maximum absolute atomic E-state index is 13.6. The van der Waals surface area contributed by atoms with E-state index in [-0.39, 0.29) is 10.7 Å². The van der Waals surface area contributed by atoms with Crippen molar-refractivity contribution < 1.29 is 12.8 Å². The Morgan fingerprint density at radius 2 is 1.84 bits per heavy atom. The lowest BCUT2D eigenvalue weighted by Gasteiger charge is -2.31. The molecule has 3 rings (SSSR count). The van der Waals surface area contributed by atoms with Crippen LogP contribution in [-0.4, -0.2) is 55.8 Å². The SMILES string of the molecule is CN1CCN(S(=O)(=O)c2ccc(SCc3ccccc3F)nc2)CC1. The van der Waals surface area contributed by atoms with Gasteiger partial charge in [-0.2, -0.15) is 4.31 Å². The van der Waals surface area contributed by atoms with Crippen molar-refractivity contribution in [2.45, 2.75) is 15.7 Å². The summed E-state index contributed by atoms with van der Waals surface area (Å²) < 4.78 is 40.4. The third-order valence-corrected chi connectivity index (χ3v) is 7.02. The van der Waals surface area contributed by atoms with Crippen molar-refractivity contribution in [1.82, 2.24) is 14.2 Å². The number of aromatic nitrogens is 1. The summed E-state index contributed by atoms with van der Waals surface area (Å²) >= 11 is 1.38. The van der Waals surface area contributed by atoms with E-state index in [0.29, 0.717) is 29.4 Å². The molecule has 0 N–H and O–H groups in total. The number of rotatable bonds is 5. The normalized spacial score (nSPS) is 16.9. The topological polar surface area (TPSA) is 53.5 Å². The van der Waals surface area contributed by atoms with E-state index < -0.39 is 10.0 Å². The Kier molecular flexibility index (Phi) is 5.73. The first-order valence-electron chi connectivity index (χ1n) is 7.98. The van der Waals surface area contributed by atoms with Gasteiger partial charge in [-0.05, 0) is 30.8 Å². The van der Waals surface area contributed by atoms with E-state index in [9.17, 15) is 12.8 Å². The second-order valence-electron chi connectivity index (χ2n) is 5.92. The van der Waals surface area contributed by atoms with Crippen LogP contribution in [0.2, 0.25) is 0 Å². The molecule has 0 radical (unpaired) electrons. The van der Waals surface area contributed by atoms with Crippen LogP contribution in [0.5, 0.6) is 0 Å². The molecule has 1 saturated heterocycles. The Morgan fingerprint density at radius 1 is 1.12 bits per heavy atom. The van der Waals surface area contributed by atoms with Crippen molar-refractivity contribution in [1.29, 1.82) is 0 Å². The van der Waals surface area contributed by atoms with Crippen LogP contribution in [0, 0.1) is 5.82 Å². The highest BCUT2D eigenvalue weighted by molar-refractivity contribution is 7.98. The predicted octanol–water partition coefficient (Wildman–Crippen LogP) is 2.45. The molecule has 1 aromatic carbocycles. The maximum atomic E-state index is 13.6. The van der Waals surface area contributed by atoms with Crippen LogP contribution in [0.4, 0.5) is 4.39 Å². The Balaban J connectivity index is 1.66. The highest BCUT2D eigenvalue weighted by Gasteiger charge is 2.27. The standard InChI is InChI=1S/C17H20FN3O2S2/c1-20-8-10-21(11-9-20)25(22,23)15-6-7-17(19-12-15)24-13-14-4-2-3-5-16(14)18/h2-7,12H,8-11,13H2,1H3. The van der Waals surface area contributed by atoms with Crippen LogP contribution in [0.25, 0.3) is 0 Å². The zero-order chi connectivity index (χ0) is 17.9. The monoisotopic (exact) mass is 381 g/mol. The first-order chi connectivity index (χ1) is 12.0. The van der Waals surface area contributed by atoms with Gasteiger partial charge in [-0.1, -0.05) is 18.2 Å². The Bertz CT molecular complexity index is 820. The third-order valence-electron chi connectivity index (χ3n) is 4.14. The summed E-state index contributed by atoms with van der Waals surface area (Å²) in [6, 6.07) is 9.85. The van der Waals surface area contributed by atoms with Crippen LogP contribution in [0.15, 0.2) is 52.5 Å².